The molecule has 0 aliphatic rings. The molecule has 0 saturated heterocycles. The zero-order valence-corrected chi connectivity index (χ0v) is 5.59. The first-order chi connectivity index (χ1) is 5.24. The summed E-state index contributed by atoms with van der Waals surface area (Å²) >= 11 is 0. The van der Waals surface area contributed by atoms with Crippen LogP contribution in [0.15, 0.2) is 23.3 Å². The van der Waals surface area contributed by atoms with Crippen molar-refractivity contribution in [1.82, 2.24) is 0 Å². The minimum atomic E-state index is -0.901. The van der Waals surface area contributed by atoms with Gasteiger partial charge >= 0.3 is 0 Å². The van der Waals surface area contributed by atoms with Crippen LogP contribution in [0, 0.1) is 11.6 Å². The molecular weight excluding hydrogens is 150 g/mol. The lowest BCUT2D eigenvalue weighted by Gasteiger charge is -1.92. The van der Waals surface area contributed by atoms with Crippen LogP contribution in [-0.4, -0.2) is 6.21 Å². The number of hydrogen-bond donors (Lipinski definition) is 1. The molecule has 58 valence electrons. The van der Waals surface area contributed by atoms with Crippen molar-refractivity contribution >= 4 is 6.21 Å². The van der Waals surface area contributed by atoms with E-state index in [0.717, 1.165) is 12.1 Å². The van der Waals surface area contributed by atoms with Crippen LogP contribution in [0.25, 0.3) is 0 Å². The third-order valence-electron chi connectivity index (χ3n) is 1.17. The number of benzene rings is 1. The molecule has 4 heteroatoms. The van der Waals surface area contributed by atoms with Crippen molar-refractivity contribution < 1.29 is 8.78 Å². The Labute approximate surface area is 62.3 Å². The van der Waals surface area contributed by atoms with Crippen molar-refractivity contribution in [3.05, 3.63) is 35.4 Å². The van der Waals surface area contributed by atoms with Crippen molar-refractivity contribution in [2.24, 2.45) is 10.9 Å². The SMILES string of the molecule is NN=Cc1ccc(F)c(F)c1. The first-order valence-electron chi connectivity index (χ1n) is 2.92. The van der Waals surface area contributed by atoms with E-state index in [9.17, 15) is 8.78 Å². The van der Waals surface area contributed by atoms with E-state index < -0.39 is 11.6 Å². The topological polar surface area (TPSA) is 38.4 Å². The van der Waals surface area contributed by atoms with Gasteiger partial charge in [-0.15, -0.1) is 0 Å². The van der Waals surface area contributed by atoms with E-state index in [1.54, 1.807) is 0 Å². The molecule has 0 atom stereocenters. The fraction of sp³-hybridized carbons (Fsp3) is 0. The number of nitrogens with two attached hydrogens (primary N) is 1. The highest BCUT2D eigenvalue weighted by molar-refractivity contribution is 5.79. The van der Waals surface area contributed by atoms with Gasteiger partial charge in [0.1, 0.15) is 0 Å². The third-order valence-corrected chi connectivity index (χ3v) is 1.17. The van der Waals surface area contributed by atoms with Gasteiger partial charge in [0, 0.05) is 0 Å². The van der Waals surface area contributed by atoms with Gasteiger partial charge in [0.2, 0.25) is 0 Å². The van der Waals surface area contributed by atoms with Crippen LogP contribution >= 0.6 is 0 Å². The Kier molecular flexibility index (Phi) is 2.15. The predicted molar refractivity (Wildman–Crippen MR) is 38.1 cm³/mol. The Morgan fingerprint density at radius 3 is 2.55 bits per heavy atom. The molecule has 0 bridgehead atoms. The summed E-state index contributed by atoms with van der Waals surface area (Å²) in [6.45, 7) is 0. The monoisotopic (exact) mass is 156 g/mol. The minimum Gasteiger partial charge on any atom is -0.323 e. The van der Waals surface area contributed by atoms with Crippen LogP contribution < -0.4 is 5.84 Å². The molecular formula is C7H6F2N2. The van der Waals surface area contributed by atoms with Gasteiger partial charge in [-0.3, -0.25) is 0 Å². The average molecular weight is 156 g/mol. The first-order valence-corrected chi connectivity index (χ1v) is 2.92. The summed E-state index contributed by atoms with van der Waals surface area (Å²) < 4.78 is 24.7. The number of hydrazone groups is 1. The molecule has 0 spiro atoms. The van der Waals surface area contributed by atoms with Crippen LogP contribution in [0.1, 0.15) is 5.56 Å². The first kappa shape index (κ1) is 7.65. The summed E-state index contributed by atoms with van der Waals surface area (Å²) in [5, 5.41) is 3.16. The van der Waals surface area contributed by atoms with Crippen molar-refractivity contribution in [3.8, 4) is 0 Å². The van der Waals surface area contributed by atoms with E-state index in [0.29, 0.717) is 5.56 Å². The van der Waals surface area contributed by atoms with Crippen LogP contribution in [0.2, 0.25) is 0 Å². The van der Waals surface area contributed by atoms with Gasteiger partial charge in [-0.2, -0.15) is 5.10 Å². The molecule has 0 amide bonds. The molecule has 1 rings (SSSR count). The highest BCUT2D eigenvalue weighted by Gasteiger charge is 1.99. The fourth-order valence-electron chi connectivity index (χ4n) is 0.679. The average Bonchev–Trinajstić information content (AvgIpc) is 1.98. The Bertz CT molecular complexity index is 284. The highest BCUT2D eigenvalue weighted by atomic mass is 19.2. The van der Waals surface area contributed by atoms with Crippen LogP contribution in [0.5, 0.6) is 0 Å². The van der Waals surface area contributed by atoms with Gasteiger partial charge < -0.3 is 5.84 Å². The van der Waals surface area contributed by atoms with Gasteiger partial charge in [0.25, 0.3) is 0 Å². The normalized spacial score (nSPS) is 10.7. The quantitative estimate of drug-likeness (QED) is 0.371. The van der Waals surface area contributed by atoms with Crippen LogP contribution in [0.4, 0.5) is 8.78 Å². The zero-order chi connectivity index (χ0) is 8.27. The minimum absolute atomic E-state index is 0.436. The molecule has 2 nitrogen and oxygen atoms in total. The van der Waals surface area contributed by atoms with E-state index in [-0.39, 0.29) is 0 Å². The van der Waals surface area contributed by atoms with Crippen molar-refractivity contribution in [2.75, 3.05) is 0 Å². The Morgan fingerprint density at radius 2 is 2.00 bits per heavy atom. The van der Waals surface area contributed by atoms with E-state index in [1.165, 1.54) is 12.3 Å². The summed E-state index contributed by atoms with van der Waals surface area (Å²) in [4.78, 5) is 0. The molecule has 0 aliphatic heterocycles. The lowest BCUT2D eigenvalue weighted by molar-refractivity contribution is 0.508. The van der Waals surface area contributed by atoms with Crippen molar-refractivity contribution in [3.63, 3.8) is 0 Å². The summed E-state index contributed by atoms with van der Waals surface area (Å²) in [6, 6.07) is 3.42. The number of halogens is 2. The number of nitrogens with zero attached hydrogens (tertiary/aromatic N) is 1. The molecule has 0 fully saturated rings. The molecule has 1 aromatic carbocycles. The number of rotatable bonds is 1. The van der Waals surface area contributed by atoms with E-state index >= 15 is 0 Å². The second-order valence-electron chi connectivity index (χ2n) is 1.95. The van der Waals surface area contributed by atoms with Crippen LogP contribution in [-0.2, 0) is 0 Å². The molecule has 1 aromatic rings. The fourth-order valence-corrected chi connectivity index (χ4v) is 0.679. The molecule has 11 heavy (non-hydrogen) atoms. The number of hydrogen-bond acceptors (Lipinski definition) is 2. The largest absolute Gasteiger partial charge is 0.323 e. The van der Waals surface area contributed by atoms with Gasteiger partial charge in [-0.1, -0.05) is 6.07 Å². The Hall–Kier alpha value is -1.45. The molecule has 0 aliphatic carbocycles. The standard InChI is InChI=1S/C7H6F2N2/c8-6-2-1-5(4-11-10)3-7(6)9/h1-4H,10H2. The molecule has 0 radical (unpaired) electrons. The maximum absolute atomic E-state index is 12.4. The lowest BCUT2D eigenvalue weighted by Crippen LogP contribution is -1.89. The summed E-state index contributed by atoms with van der Waals surface area (Å²) in [5.74, 6) is 3.03. The zero-order valence-electron chi connectivity index (χ0n) is 5.59. The summed E-state index contributed by atoms with van der Waals surface area (Å²) in [5.41, 5.74) is 0.436. The maximum atomic E-state index is 12.4. The van der Waals surface area contributed by atoms with Gasteiger partial charge in [0.15, 0.2) is 11.6 Å². The smallest absolute Gasteiger partial charge is 0.159 e. The van der Waals surface area contributed by atoms with Gasteiger partial charge in [-0.05, 0) is 17.7 Å². The second kappa shape index (κ2) is 3.09. The summed E-state index contributed by atoms with van der Waals surface area (Å²) in [6.07, 6.45) is 1.24. The van der Waals surface area contributed by atoms with Gasteiger partial charge in [0.05, 0.1) is 6.21 Å². The predicted octanol–water partition coefficient (Wildman–Crippen LogP) is 1.26. The summed E-state index contributed by atoms with van der Waals surface area (Å²) in [7, 11) is 0. The molecule has 0 heterocycles. The second-order valence-corrected chi connectivity index (χ2v) is 1.95. The van der Waals surface area contributed by atoms with Gasteiger partial charge in [-0.25, -0.2) is 8.78 Å². The molecule has 0 unspecified atom stereocenters. The Morgan fingerprint density at radius 1 is 1.27 bits per heavy atom. The molecule has 2 N–H and O–H groups in total. The van der Waals surface area contributed by atoms with Crippen molar-refractivity contribution in [2.45, 2.75) is 0 Å². The highest BCUT2D eigenvalue weighted by Crippen LogP contribution is 2.06. The lowest BCUT2D eigenvalue weighted by atomic mass is 10.2. The van der Waals surface area contributed by atoms with E-state index in [2.05, 4.69) is 5.10 Å². The van der Waals surface area contributed by atoms with E-state index in [4.69, 9.17) is 5.84 Å². The Balaban J connectivity index is 3.05. The molecule has 0 aromatic heterocycles. The third kappa shape index (κ3) is 1.73. The van der Waals surface area contributed by atoms with E-state index in [1.807, 2.05) is 0 Å². The van der Waals surface area contributed by atoms with Crippen LogP contribution in [0.3, 0.4) is 0 Å². The molecule has 0 saturated carbocycles. The van der Waals surface area contributed by atoms with Crippen molar-refractivity contribution in [1.29, 1.82) is 0 Å². The maximum Gasteiger partial charge on any atom is 0.159 e.